The van der Waals surface area contributed by atoms with Gasteiger partial charge < -0.3 is 19.3 Å². The third-order valence-corrected chi connectivity index (χ3v) is 6.57. The van der Waals surface area contributed by atoms with Gasteiger partial charge in [0.05, 0.1) is 50.3 Å². The first-order chi connectivity index (χ1) is 14.1. The number of hydrogen-bond acceptors (Lipinski definition) is 3. The Labute approximate surface area is 171 Å². The zero-order chi connectivity index (χ0) is 20.4. The Balaban J connectivity index is 1.41. The molecule has 0 atom stereocenters. The van der Waals surface area contributed by atoms with Gasteiger partial charge >= 0.3 is 0 Å². The molecule has 2 aliphatic heterocycles. The molecule has 29 heavy (non-hydrogen) atoms. The van der Waals surface area contributed by atoms with E-state index in [0.717, 1.165) is 31.7 Å². The predicted octanol–water partition coefficient (Wildman–Crippen LogP) is -1.26. The van der Waals surface area contributed by atoms with Crippen molar-refractivity contribution >= 4 is 16.9 Å². The fourth-order valence-corrected chi connectivity index (χ4v) is 4.76. The first kappa shape index (κ1) is 20.0. The molecule has 7 heteroatoms. The van der Waals surface area contributed by atoms with Gasteiger partial charge in [0.1, 0.15) is 18.8 Å². The lowest BCUT2D eigenvalue weighted by Gasteiger charge is -2.32. The Morgan fingerprint density at radius 2 is 1.72 bits per heavy atom. The smallest absolute Gasteiger partial charge is 0.272 e. The summed E-state index contributed by atoms with van der Waals surface area (Å²) >= 11 is 0. The summed E-state index contributed by atoms with van der Waals surface area (Å²) in [5, 5.41) is 0. The number of benzene rings is 1. The number of nitrogens with zero attached hydrogens (tertiary/aromatic N) is 3. The average Bonchev–Trinajstić information content (AvgIpc) is 3.26. The van der Waals surface area contributed by atoms with E-state index in [2.05, 4.69) is 4.98 Å². The lowest BCUT2D eigenvalue weighted by molar-refractivity contribution is -0.954. The van der Waals surface area contributed by atoms with Crippen LogP contribution in [0.3, 0.4) is 0 Å². The van der Waals surface area contributed by atoms with E-state index in [1.165, 1.54) is 39.0 Å². The molecule has 0 saturated carbocycles. The van der Waals surface area contributed by atoms with E-state index in [4.69, 9.17) is 0 Å². The van der Waals surface area contributed by atoms with Crippen LogP contribution in [0.25, 0.3) is 11.0 Å². The van der Waals surface area contributed by atoms with Crippen LogP contribution < -0.4 is 15.4 Å². The number of nitrogens with one attached hydrogen (secondary N) is 2. The van der Waals surface area contributed by atoms with E-state index in [1.54, 1.807) is 21.3 Å². The Kier molecular flexibility index (Phi) is 5.96. The SMILES string of the molecule is CCn1c(=O)c(C)nc2cc(C(=O)N3CC[NH+](CC[NH+]4CCCC4)CC3)ccc21. The Morgan fingerprint density at radius 1 is 1.07 bits per heavy atom. The predicted molar refractivity (Wildman–Crippen MR) is 113 cm³/mol. The average molecular weight is 400 g/mol. The molecule has 0 radical (unpaired) electrons. The largest absolute Gasteiger partial charge is 0.330 e. The zero-order valence-electron chi connectivity index (χ0n) is 17.7. The highest BCUT2D eigenvalue weighted by Gasteiger charge is 2.26. The number of rotatable bonds is 5. The third kappa shape index (κ3) is 4.21. The summed E-state index contributed by atoms with van der Waals surface area (Å²) in [5.41, 5.74) is 2.58. The number of likely N-dealkylation sites (tertiary alicyclic amines) is 1. The van der Waals surface area contributed by atoms with E-state index < -0.39 is 0 Å². The van der Waals surface area contributed by atoms with Crippen LogP contribution in [0.15, 0.2) is 23.0 Å². The molecule has 156 valence electrons. The molecule has 2 saturated heterocycles. The van der Waals surface area contributed by atoms with Gasteiger partial charge in [-0.05, 0) is 32.0 Å². The quantitative estimate of drug-likeness (QED) is 0.660. The lowest BCUT2D eigenvalue weighted by atomic mass is 10.1. The molecule has 0 aliphatic carbocycles. The number of piperazine rings is 1. The van der Waals surface area contributed by atoms with Crippen molar-refractivity contribution in [3.05, 3.63) is 39.8 Å². The van der Waals surface area contributed by atoms with Gasteiger partial charge in [-0.3, -0.25) is 9.59 Å². The normalized spacial score (nSPS) is 18.6. The Morgan fingerprint density at radius 3 is 2.38 bits per heavy atom. The van der Waals surface area contributed by atoms with Gasteiger partial charge in [-0.2, -0.15) is 0 Å². The van der Waals surface area contributed by atoms with Crippen LogP contribution in [0.2, 0.25) is 0 Å². The molecule has 1 aromatic heterocycles. The minimum Gasteiger partial charge on any atom is -0.330 e. The van der Waals surface area contributed by atoms with E-state index in [1.807, 2.05) is 30.0 Å². The summed E-state index contributed by atoms with van der Waals surface area (Å²) in [4.78, 5) is 35.1. The standard InChI is InChI=1S/C22H31N5O2/c1-3-27-20-7-6-18(16-19(20)23-17(2)21(27)28)22(29)26-14-12-25(13-15-26)11-10-24-8-4-5-9-24/h6-7,16H,3-5,8-15H2,1-2H3/p+2. The van der Waals surface area contributed by atoms with E-state index in [9.17, 15) is 9.59 Å². The van der Waals surface area contributed by atoms with Crippen LogP contribution in [0.5, 0.6) is 0 Å². The number of fused-ring (bicyclic) bond motifs is 1. The van der Waals surface area contributed by atoms with Crippen LogP contribution >= 0.6 is 0 Å². The molecule has 3 heterocycles. The van der Waals surface area contributed by atoms with Crippen molar-refractivity contribution in [2.75, 3.05) is 52.4 Å². The van der Waals surface area contributed by atoms with Crippen molar-refractivity contribution in [2.45, 2.75) is 33.2 Å². The maximum absolute atomic E-state index is 13.0. The second-order valence-electron chi connectivity index (χ2n) is 8.45. The fourth-order valence-electron chi connectivity index (χ4n) is 4.76. The monoisotopic (exact) mass is 399 g/mol. The molecule has 7 nitrogen and oxygen atoms in total. The summed E-state index contributed by atoms with van der Waals surface area (Å²) in [6.07, 6.45) is 2.75. The molecular formula is C22H33N5O2+2. The van der Waals surface area contributed by atoms with Gasteiger partial charge in [0.2, 0.25) is 0 Å². The molecular weight excluding hydrogens is 366 g/mol. The minimum absolute atomic E-state index is 0.0612. The number of quaternary nitrogens is 2. The first-order valence-corrected chi connectivity index (χ1v) is 11.0. The van der Waals surface area contributed by atoms with Gasteiger partial charge in [0, 0.05) is 24.9 Å². The van der Waals surface area contributed by atoms with Crippen LogP contribution in [0.4, 0.5) is 0 Å². The lowest BCUT2D eigenvalue weighted by Crippen LogP contribution is -3.21. The summed E-state index contributed by atoms with van der Waals surface area (Å²) in [7, 11) is 0. The van der Waals surface area contributed by atoms with Crippen LogP contribution in [0.1, 0.15) is 35.8 Å². The van der Waals surface area contributed by atoms with Crippen molar-refractivity contribution in [3.63, 3.8) is 0 Å². The topological polar surface area (TPSA) is 64.1 Å². The molecule has 2 N–H and O–H groups in total. The molecule has 1 amide bonds. The van der Waals surface area contributed by atoms with E-state index >= 15 is 0 Å². The number of amides is 1. The van der Waals surface area contributed by atoms with Crippen molar-refractivity contribution in [3.8, 4) is 0 Å². The molecule has 1 aromatic carbocycles. The number of aryl methyl sites for hydroxylation is 2. The Bertz CT molecular complexity index is 940. The molecule has 0 bridgehead atoms. The van der Waals surface area contributed by atoms with Crippen LogP contribution in [-0.4, -0.2) is 72.7 Å². The van der Waals surface area contributed by atoms with Crippen molar-refractivity contribution in [1.29, 1.82) is 0 Å². The highest BCUT2D eigenvalue weighted by Crippen LogP contribution is 2.15. The second kappa shape index (κ2) is 8.63. The van der Waals surface area contributed by atoms with Gasteiger partial charge in [-0.25, -0.2) is 4.98 Å². The first-order valence-electron chi connectivity index (χ1n) is 11.0. The molecule has 4 rings (SSSR count). The Hall–Kier alpha value is -2.25. The fraction of sp³-hybridized carbons (Fsp3) is 0.591. The number of carbonyl (C=O) groups is 1. The maximum atomic E-state index is 13.0. The highest BCUT2D eigenvalue weighted by atomic mass is 16.2. The van der Waals surface area contributed by atoms with E-state index in [0.29, 0.717) is 23.3 Å². The summed E-state index contributed by atoms with van der Waals surface area (Å²) < 4.78 is 1.72. The number of aromatic nitrogens is 2. The zero-order valence-corrected chi connectivity index (χ0v) is 17.7. The molecule has 2 aliphatic rings. The molecule has 2 fully saturated rings. The van der Waals surface area contributed by atoms with E-state index in [-0.39, 0.29) is 11.5 Å². The summed E-state index contributed by atoms with van der Waals surface area (Å²) in [6.45, 7) is 13.1. The molecule has 2 aromatic rings. The number of hydrogen-bond donors (Lipinski definition) is 2. The number of carbonyl (C=O) groups excluding carboxylic acids is 1. The van der Waals surface area contributed by atoms with Crippen molar-refractivity contribution in [2.24, 2.45) is 0 Å². The summed E-state index contributed by atoms with van der Waals surface area (Å²) in [6, 6.07) is 5.54. The van der Waals surface area contributed by atoms with Crippen LogP contribution in [0, 0.1) is 6.92 Å². The molecule has 0 unspecified atom stereocenters. The highest BCUT2D eigenvalue weighted by molar-refractivity contribution is 5.97. The third-order valence-electron chi connectivity index (χ3n) is 6.57. The van der Waals surface area contributed by atoms with Gasteiger partial charge in [-0.1, -0.05) is 0 Å². The molecule has 0 spiro atoms. The van der Waals surface area contributed by atoms with Gasteiger partial charge in [0.15, 0.2) is 0 Å². The maximum Gasteiger partial charge on any atom is 0.272 e. The van der Waals surface area contributed by atoms with Crippen molar-refractivity contribution < 1.29 is 14.6 Å². The minimum atomic E-state index is -0.0612. The van der Waals surface area contributed by atoms with Gasteiger partial charge in [0.25, 0.3) is 11.5 Å². The van der Waals surface area contributed by atoms with Gasteiger partial charge in [-0.15, -0.1) is 0 Å². The second-order valence-corrected chi connectivity index (χ2v) is 8.45. The summed E-state index contributed by atoms with van der Waals surface area (Å²) in [5.74, 6) is 0.0739. The van der Waals surface area contributed by atoms with Crippen LogP contribution in [-0.2, 0) is 6.54 Å². The van der Waals surface area contributed by atoms with Crippen molar-refractivity contribution in [1.82, 2.24) is 14.5 Å².